The summed E-state index contributed by atoms with van der Waals surface area (Å²) in [5.74, 6) is 0.708. The van der Waals surface area contributed by atoms with Crippen molar-refractivity contribution < 1.29 is 8.42 Å². The van der Waals surface area contributed by atoms with E-state index in [0.29, 0.717) is 18.7 Å². The summed E-state index contributed by atoms with van der Waals surface area (Å²) in [5, 5.41) is 6.43. The number of hydrogen-bond acceptors (Lipinski definition) is 6. The van der Waals surface area contributed by atoms with Gasteiger partial charge in [0.15, 0.2) is 0 Å². The normalized spacial score (nSPS) is 11.4. The molecule has 0 unspecified atom stereocenters. The molecule has 0 atom stereocenters. The van der Waals surface area contributed by atoms with Gasteiger partial charge in [-0.15, -0.1) is 0 Å². The van der Waals surface area contributed by atoms with Crippen LogP contribution in [0.4, 0.5) is 0 Å². The van der Waals surface area contributed by atoms with Crippen LogP contribution in [0.3, 0.4) is 0 Å². The lowest BCUT2D eigenvalue weighted by Gasteiger charge is -2.09. The van der Waals surface area contributed by atoms with Gasteiger partial charge in [-0.2, -0.15) is 5.10 Å². The average Bonchev–Trinajstić information content (AvgIpc) is 2.97. The van der Waals surface area contributed by atoms with E-state index < -0.39 is 10.0 Å². The highest BCUT2D eigenvalue weighted by molar-refractivity contribution is 7.89. The highest BCUT2D eigenvalue weighted by Crippen LogP contribution is 2.12. The van der Waals surface area contributed by atoms with Crippen LogP contribution in [-0.4, -0.2) is 40.1 Å². The third-order valence-corrected chi connectivity index (χ3v) is 4.33. The summed E-state index contributed by atoms with van der Waals surface area (Å²) in [4.78, 5) is 7.79. The lowest BCUT2D eigenvalue weighted by Crippen LogP contribution is -2.28. The summed E-state index contributed by atoms with van der Waals surface area (Å²) in [6, 6.07) is 2.94. The van der Waals surface area contributed by atoms with E-state index in [1.165, 1.54) is 24.7 Å². The van der Waals surface area contributed by atoms with E-state index >= 15 is 0 Å². The fourth-order valence-corrected chi connectivity index (χ4v) is 3.15. The number of thiocarbonyl (C=S) groups is 1. The Morgan fingerprint density at radius 1 is 1.43 bits per heavy atom. The molecule has 8 nitrogen and oxygen atoms in total. The van der Waals surface area contributed by atoms with E-state index in [4.69, 9.17) is 18.0 Å². The Morgan fingerprint density at radius 2 is 2.24 bits per heavy atom. The molecule has 4 N–H and O–H groups in total. The standard InChI is InChI=1S/C11H14N6O2S2/c12-11(20)10-8(3-1-5-13-10)21(18,19)16-6-2-4-9-14-7-15-17-9/h1,3,5,7,16H,2,4,6H2,(H2,12,20)(H,14,15,17). The van der Waals surface area contributed by atoms with Crippen molar-refractivity contribution in [3.8, 4) is 0 Å². The first kappa shape index (κ1) is 15.5. The molecular formula is C11H14N6O2S2. The molecular weight excluding hydrogens is 312 g/mol. The molecule has 0 saturated carbocycles. The third kappa shape index (κ3) is 4.03. The van der Waals surface area contributed by atoms with Crippen LogP contribution in [0.5, 0.6) is 0 Å². The highest BCUT2D eigenvalue weighted by atomic mass is 32.2. The van der Waals surface area contributed by atoms with Gasteiger partial charge in [-0.05, 0) is 18.6 Å². The molecule has 0 radical (unpaired) electrons. The SMILES string of the molecule is NC(=S)c1ncccc1S(=O)(=O)NCCCc1ncn[nH]1. The van der Waals surface area contributed by atoms with Gasteiger partial charge >= 0.3 is 0 Å². The molecule has 0 saturated heterocycles. The van der Waals surface area contributed by atoms with Gasteiger partial charge in [0, 0.05) is 19.2 Å². The monoisotopic (exact) mass is 326 g/mol. The van der Waals surface area contributed by atoms with E-state index in [2.05, 4.69) is 24.9 Å². The predicted molar refractivity (Wildman–Crippen MR) is 80.0 cm³/mol. The van der Waals surface area contributed by atoms with Gasteiger partial charge in [-0.3, -0.25) is 10.1 Å². The Balaban J connectivity index is 2.00. The molecule has 2 rings (SSSR count). The largest absolute Gasteiger partial charge is 0.388 e. The lowest BCUT2D eigenvalue weighted by atomic mass is 10.3. The summed E-state index contributed by atoms with van der Waals surface area (Å²) >= 11 is 4.81. The summed E-state index contributed by atoms with van der Waals surface area (Å²) in [6.45, 7) is 0.259. The Bertz CT molecular complexity index is 714. The van der Waals surface area contributed by atoms with Gasteiger partial charge in [0.1, 0.15) is 27.7 Å². The Labute approximate surface area is 127 Å². The maximum atomic E-state index is 12.2. The van der Waals surface area contributed by atoms with E-state index in [-0.39, 0.29) is 22.1 Å². The zero-order chi connectivity index (χ0) is 15.3. The van der Waals surface area contributed by atoms with E-state index in [1.54, 1.807) is 0 Å². The van der Waals surface area contributed by atoms with Gasteiger partial charge in [0.25, 0.3) is 0 Å². The van der Waals surface area contributed by atoms with Crippen LogP contribution in [0.1, 0.15) is 17.9 Å². The van der Waals surface area contributed by atoms with Crippen molar-refractivity contribution in [1.82, 2.24) is 24.9 Å². The minimum atomic E-state index is -3.70. The molecule has 0 aliphatic carbocycles. The number of H-pyrrole nitrogens is 1. The van der Waals surface area contributed by atoms with Gasteiger partial charge in [-0.25, -0.2) is 18.1 Å². The average molecular weight is 326 g/mol. The van der Waals surface area contributed by atoms with Gasteiger partial charge in [0.05, 0.1) is 0 Å². The molecule has 2 aromatic heterocycles. The Morgan fingerprint density at radius 3 is 2.90 bits per heavy atom. The molecule has 0 aliphatic heterocycles. The zero-order valence-corrected chi connectivity index (χ0v) is 12.6. The van der Waals surface area contributed by atoms with Gasteiger partial charge in [0.2, 0.25) is 10.0 Å². The van der Waals surface area contributed by atoms with E-state index in [0.717, 1.165) is 0 Å². The summed E-state index contributed by atoms with van der Waals surface area (Å²) in [5.41, 5.74) is 5.58. The highest BCUT2D eigenvalue weighted by Gasteiger charge is 2.20. The van der Waals surface area contributed by atoms with Crippen molar-refractivity contribution in [2.75, 3.05) is 6.54 Å². The van der Waals surface area contributed by atoms with Crippen LogP contribution in [-0.2, 0) is 16.4 Å². The van der Waals surface area contributed by atoms with Crippen LogP contribution in [0.25, 0.3) is 0 Å². The van der Waals surface area contributed by atoms with Crippen LogP contribution >= 0.6 is 12.2 Å². The summed E-state index contributed by atoms with van der Waals surface area (Å²) in [7, 11) is -3.70. The van der Waals surface area contributed by atoms with Crippen molar-refractivity contribution in [3.63, 3.8) is 0 Å². The minimum absolute atomic E-state index is 0.0165. The van der Waals surface area contributed by atoms with Crippen molar-refractivity contribution >= 4 is 27.2 Å². The molecule has 0 amide bonds. The number of aryl methyl sites for hydroxylation is 1. The van der Waals surface area contributed by atoms with Crippen molar-refractivity contribution in [2.45, 2.75) is 17.7 Å². The zero-order valence-electron chi connectivity index (χ0n) is 11.0. The topological polar surface area (TPSA) is 127 Å². The van der Waals surface area contributed by atoms with Crippen molar-refractivity contribution in [3.05, 3.63) is 36.2 Å². The number of nitrogens with zero attached hydrogens (tertiary/aromatic N) is 3. The maximum Gasteiger partial charge on any atom is 0.242 e. The first-order valence-corrected chi connectivity index (χ1v) is 7.98. The van der Waals surface area contributed by atoms with Crippen molar-refractivity contribution in [1.29, 1.82) is 0 Å². The van der Waals surface area contributed by atoms with Gasteiger partial charge in [-0.1, -0.05) is 12.2 Å². The Hall–Kier alpha value is -1.91. The molecule has 21 heavy (non-hydrogen) atoms. The lowest BCUT2D eigenvalue weighted by molar-refractivity contribution is 0.577. The first-order valence-electron chi connectivity index (χ1n) is 6.09. The van der Waals surface area contributed by atoms with Crippen molar-refractivity contribution in [2.24, 2.45) is 5.73 Å². The van der Waals surface area contributed by atoms with E-state index in [9.17, 15) is 8.42 Å². The van der Waals surface area contributed by atoms with Crippen LogP contribution in [0.15, 0.2) is 29.6 Å². The molecule has 0 bridgehead atoms. The fourth-order valence-electron chi connectivity index (χ4n) is 1.68. The summed E-state index contributed by atoms with van der Waals surface area (Å²) < 4.78 is 26.9. The van der Waals surface area contributed by atoms with Gasteiger partial charge < -0.3 is 5.73 Å². The van der Waals surface area contributed by atoms with E-state index in [1.807, 2.05) is 0 Å². The molecule has 0 aromatic carbocycles. The quantitative estimate of drug-likeness (QED) is 0.473. The molecule has 0 spiro atoms. The Kier molecular flexibility index (Phi) is 4.94. The molecule has 112 valence electrons. The summed E-state index contributed by atoms with van der Waals surface area (Å²) in [6.07, 6.45) is 4.02. The maximum absolute atomic E-state index is 12.2. The second kappa shape index (κ2) is 6.70. The fraction of sp³-hybridized carbons (Fsp3) is 0.273. The number of hydrogen-bond donors (Lipinski definition) is 3. The number of aromatic nitrogens is 4. The molecule has 0 aliphatic rings. The first-order chi connectivity index (χ1) is 10.0. The number of rotatable bonds is 7. The second-order valence-electron chi connectivity index (χ2n) is 4.15. The molecule has 10 heteroatoms. The smallest absolute Gasteiger partial charge is 0.242 e. The van der Waals surface area contributed by atoms with Crippen LogP contribution in [0.2, 0.25) is 0 Å². The minimum Gasteiger partial charge on any atom is -0.388 e. The second-order valence-corrected chi connectivity index (χ2v) is 6.32. The molecule has 2 heterocycles. The number of aromatic amines is 1. The predicted octanol–water partition coefficient (Wildman–Crippen LogP) is -0.255. The molecule has 0 fully saturated rings. The number of nitrogens with two attached hydrogens (primary N) is 1. The number of nitrogens with one attached hydrogen (secondary N) is 2. The number of pyridine rings is 1. The number of sulfonamides is 1. The van der Waals surface area contributed by atoms with Crippen LogP contribution < -0.4 is 10.5 Å². The van der Waals surface area contributed by atoms with Crippen LogP contribution in [0, 0.1) is 0 Å². The third-order valence-electron chi connectivity index (χ3n) is 2.64. The molecule has 2 aromatic rings.